The lowest BCUT2D eigenvalue weighted by atomic mass is 10.1. The van der Waals surface area contributed by atoms with Gasteiger partial charge in [-0.15, -0.1) is 0 Å². The predicted octanol–water partition coefficient (Wildman–Crippen LogP) is 2.82. The largest absolute Gasteiger partial charge is 0.368 e. The SMILES string of the molecule is Nc1nc(Cl)nc(-c2ccc3cnn(C4CCCCO4)c3c2)n1. The van der Waals surface area contributed by atoms with Crippen molar-refractivity contribution in [2.45, 2.75) is 25.5 Å². The summed E-state index contributed by atoms with van der Waals surface area (Å²) in [5.41, 5.74) is 7.44. The summed E-state index contributed by atoms with van der Waals surface area (Å²) in [6.07, 6.45) is 5.02. The molecular formula is C15H15ClN6O. The molecule has 1 saturated heterocycles. The molecule has 0 saturated carbocycles. The zero-order chi connectivity index (χ0) is 15.8. The molecule has 0 bridgehead atoms. The van der Waals surface area contributed by atoms with Gasteiger partial charge in [0.15, 0.2) is 12.1 Å². The van der Waals surface area contributed by atoms with Crippen LogP contribution in [-0.2, 0) is 4.74 Å². The monoisotopic (exact) mass is 330 g/mol. The molecule has 7 nitrogen and oxygen atoms in total. The fraction of sp³-hybridized carbons (Fsp3) is 0.333. The van der Waals surface area contributed by atoms with Gasteiger partial charge in [-0.05, 0) is 36.9 Å². The lowest BCUT2D eigenvalue weighted by Crippen LogP contribution is -2.18. The molecule has 3 aromatic rings. The molecule has 2 aromatic heterocycles. The molecule has 23 heavy (non-hydrogen) atoms. The van der Waals surface area contributed by atoms with Crippen molar-refractivity contribution < 1.29 is 4.74 Å². The Balaban J connectivity index is 1.80. The van der Waals surface area contributed by atoms with Gasteiger partial charge in [0.05, 0.1) is 11.7 Å². The fourth-order valence-corrected chi connectivity index (χ4v) is 2.98. The second kappa shape index (κ2) is 5.75. The normalized spacial score (nSPS) is 18.4. The van der Waals surface area contributed by atoms with E-state index in [4.69, 9.17) is 22.1 Å². The van der Waals surface area contributed by atoms with Gasteiger partial charge in [0.1, 0.15) is 0 Å². The van der Waals surface area contributed by atoms with Crippen LogP contribution in [0.4, 0.5) is 5.95 Å². The van der Waals surface area contributed by atoms with Gasteiger partial charge in [0, 0.05) is 17.6 Å². The van der Waals surface area contributed by atoms with Crippen molar-refractivity contribution in [3.63, 3.8) is 0 Å². The quantitative estimate of drug-likeness (QED) is 0.776. The minimum absolute atomic E-state index is 0.0245. The molecule has 3 heterocycles. The number of nitrogen functional groups attached to an aromatic ring is 1. The van der Waals surface area contributed by atoms with Crippen molar-refractivity contribution >= 4 is 28.5 Å². The van der Waals surface area contributed by atoms with Crippen molar-refractivity contribution in [1.29, 1.82) is 0 Å². The second-order valence-electron chi connectivity index (χ2n) is 5.47. The van der Waals surface area contributed by atoms with Crippen LogP contribution >= 0.6 is 11.6 Å². The molecule has 4 rings (SSSR count). The van der Waals surface area contributed by atoms with E-state index in [0.717, 1.165) is 42.3 Å². The zero-order valence-electron chi connectivity index (χ0n) is 12.3. The predicted molar refractivity (Wildman–Crippen MR) is 86.8 cm³/mol. The summed E-state index contributed by atoms with van der Waals surface area (Å²) in [5, 5.41) is 5.59. The van der Waals surface area contributed by atoms with Gasteiger partial charge >= 0.3 is 0 Å². The summed E-state index contributed by atoms with van der Waals surface area (Å²) in [4.78, 5) is 12.1. The molecule has 2 N–H and O–H groups in total. The molecular weight excluding hydrogens is 316 g/mol. The van der Waals surface area contributed by atoms with E-state index in [9.17, 15) is 0 Å². The van der Waals surface area contributed by atoms with Crippen molar-refractivity contribution in [3.05, 3.63) is 29.7 Å². The maximum absolute atomic E-state index is 5.87. The Kier molecular flexibility index (Phi) is 3.59. The first-order valence-corrected chi connectivity index (χ1v) is 7.85. The van der Waals surface area contributed by atoms with E-state index in [2.05, 4.69) is 20.1 Å². The van der Waals surface area contributed by atoms with Crippen molar-refractivity contribution in [3.8, 4) is 11.4 Å². The highest BCUT2D eigenvalue weighted by Crippen LogP contribution is 2.28. The van der Waals surface area contributed by atoms with Crippen LogP contribution in [0.15, 0.2) is 24.4 Å². The summed E-state index contributed by atoms with van der Waals surface area (Å²) in [6.45, 7) is 0.769. The number of aromatic nitrogens is 5. The Morgan fingerprint density at radius 2 is 2.13 bits per heavy atom. The minimum atomic E-state index is -0.0245. The number of nitrogens with two attached hydrogens (primary N) is 1. The topological polar surface area (TPSA) is 91.7 Å². The third-order valence-corrected chi connectivity index (χ3v) is 4.08. The maximum Gasteiger partial charge on any atom is 0.227 e. The molecule has 0 spiro atoms. The fourth-order valence-electron chi connectivity index (χ4n) is 2.82. The molecule has 1 aliphatic heterocycles. The number of benzene rings is 1. The maximum atomic E-state index is 5.87. The molecule has 0 amide bonds. The number of halogens is 1. The standard InChI is InChI=1S/C15H15ClN6O/c16-14-19-13(20-15(17)21-14)9-4-5-10-8-18-22(11(10)7-9)12-3-1-2-6-23-12/h4-5,7-8,12H,1-3,6H2,(H2,17,19,20,21). The number of hydrogen-bond acceptors (Lipinski definition) is 6. The van der Waals surface area contributed by atoms with Gasteiger partial charge in [0.2, 0.25) is 11.2 Å². The molecule has 118 valence electrons. The van der Waals surface area contributed by atoms with Gasteiger partial charge in [-0.2, -0.15) is 20.1 Å². The lowest BCUT2D eigenvalue weighted by Gasteiger charge is -2.23. The average Bonchev–Trinajstić information content (AvgIpc) is 2.98. The average molecular weight is 331 g/mol. The first kappa shape index (κ1) is 14.3. The van der Waals surface area contributed by atoms with Gasteiger partial charge in [0.25, 0.3) is 0 Å². The van der Waals surface area contributed by atoms with Crippen LogP contribution < -0.4 is 5.73 Å². The third kappa shape index (κ3) is 2.73. The Hall–Kier alpha value is -2.25. The smallest absolute Gasteiger partial charge is 0.227 e. The van der Waals surface area contributed by atoms with Crippen LogP contribution in [-0.4, -0.2) is 31.3 Å². The number of nitrogens with zero attached hydrogens (tertiary/aromatic N) is 5. The van der Waals surface area contributed by atoms with E-state index in [0.29, 0.717) is 5.82 Å². The summed E-state index contributed by atoms with van der Waals surface area (Å²) in [7, 11) is 0. The number of rotatable bonds is 2. The van der Waals surface area contributed by atoms with Crippen LogP contribution in [0.5, 0.6) is 0 Å². The minimum Gasteiger partial charge on any atom is -0.368 e. The molecule has 8 heteroatoms. The second-order valence-corrected chi connectivity index (χ2v) is 5.81. The number of ether oxygens (including phenoxy) is 1. The highest BCUT2D eigenvalue weighted by Gasteiger charge is 2.19. The van der Waals surface area contributed by atoms with E-state index in [1.54, 1.807) is 0 Å². The first-order chi connectivity index (χ1) is 11.2. The molecule has 1 aliphatic rings. The highest BCUT2D eigenvalue weighted by molar-refractivity contribution is 6.28. The first-order valence-electron chi connectivity index (χ1n) is 7.47. The van der Waals surface area contributed by atoms with E-state index < -0.39 is 0 Å². The molecule has 1 aromatic carbocycles. The Labute approximate surface area is 137 Å². The Morgan fingerprint density at radius 3 is 2.91 bits per heavy atom. The number of anilines is 1. The van der Waals surface area contributed by atoms with E-state index in [1.165, 1.54) is 0 Å². The van der Waals surface area contributed by atoms with Crippen LogP contribution in [0, 0.1) is 0 Å². The van der Waals surface area contributed by atoms with E-state index in [1.807, 2.05) is 29.1 Å². The van der Waals surface area contributed by atoms with Crippen LogP contribution in [0.1, 0.15) is 25.5 Å². The van der Waals surface area contributed by atoms with E-state index in [-0.39, 0.29) is 17.5 Å². The Morgan fingerprint density at radius 1 is 1.22 bits per heavy atom. The van der Waals surface area contributed by atoms with Crippen LogP contribution in [0.2, 0.25) is 5.28 Å². The summed E-state index contributed by atoms with van der Waals surface area (Å²) in [6, 6.07) is 5.87. The molecule has 1 unspecified atom stereocenters. The summed E-state index contributed by atoms with van der Waals surface area (Å²) >= 11 is 5.87. The van der Waals surface area contributed by atoms with E-state index >= 15 is 0 Å². The molecule has 0 radical (unpaired) electrons. The van der Waals surface area contributed by atoms with Gasteiger partial charge in [-0.3, -0.25) is 0 Å². The van der Waals surface area contributed by atoms with Crippen LogP contribution in [0.25, 0.3) is 22.3 Å². The lowest BCUT2D eigenvalue weighted by molar-refractivity contribution is -0.0366. The summed E-state index contributed by atoms with van der Waals surface area (Å²) < 4.78 is 7.75. The summed E-state index contributed by atoms with van der Waals surface area (Å²) in [5.74, 6) is 0.547. The van der Waals surface area contributed by atoms with Crippen LogP contribution in [0.3, 0.4) is 0 Å². The number of fused-ring (bicyclic) bond motifs is 1. The van der Waals surface area contributed by atoms with Gasteiger partial charge < -0.3 is 10.5 Å². The molecule has 1 atom stereocenters. The number of hydrogen-bond donors (Lipinski definition) is 1. The van der Waals surface area contributed by atoms with Crippen molar-refractivity contribution in [2.24, 2.45) is 0 Å². The van der Waals surface area contributed by atoms with Gasteiger partial charge in [-0.1, -0.05) is 12.1 Å². The Bertz CT molecular complexity index is 838. The van der Waals surface area contributed by atoms with Gasteiger partial charge in [-0.25, -0.2) is 4.68 Å². The molecule has 0 aliphatic carbocycles. The highest BCUT2D eigenvalue weighted by atomic mass is 35.5. The zero-order valence-corrected chi connectivity index (χ0v) is 13.1. The third-order valence-electron chi connectivity index (χ3n) is 3.91. The van der Waals surface area contributed by atoms with Crippen molar-refractivity contribution in [2.75, 3.05) is 12.3 Å². The van der Waals surface area contributed by atoms with Crippen molar-refractivity contribution in [1.82, 2.24) is 24.7 Å². The molecule has 1 fully saturated rings.